The molecule has 9 heteroatoms. The number of nitriles is 1. The van der Waals surface area contributed by atoms with E-state index in [1.54, 1.807) is 16.4 Å². The van der Waals surface area contributed by atoms with Gasteiger partial charge in [0.15, 0.2) is 0 Å². The standard InChI is InChI=1S/C27H38N4O3S2/c1-6-8-10-11-13-31-26(33)23(36-27(31)35)14-21-20(5)22(15-28)25(32)30(12-9-7-2)24(21)29-16-18(3)34-19(4)17-29/h14,18-19H,6-13,16-17H2,1-5H3/b23-14+. The van der Waals surface area contributed by atoms with Crippen LogP contribution >= 0.6 is 24.0 Å². The Hall–Kier alpha value is -2.15. The lowest BCUT2D eigenvalue weighted by molar-refractivity contribution is -0.122. The van der Waals surface area contributed by atoms with Crippen LogP contribution in [0.25, 0.3) is 6.08 Å². The normalized spacial score (nSPS) is 21.5. The molecule has 2 fully saturated rings. The summed E-state index contributed by atoms with van der Waals surface area (Å²) in [4.78, 5) is 31.2. The largest absolute Gasteiger partial charge is 0.372 e. The first-order valence-electron chi connectivity index (χ1n) is 13.1. The Kier molecular flexibility index (Phi) is 10.2. The number of carbonyl (C=O) groups is 1. The molecule has 1 amide bonds. The van der Waals surface area contributed by atoms with Crippen LogP contribution in [-0.2, 0) is 16.1 Å². The van der Waals surface area contributed by atoms with Gasteiger partial charge in [-0.25, -0.2) is 0 Å². The van der Waals surface area contributed by atoms with Gasteiger partial charge in [-0.15, -0.1) is 0 Å². The van der Waals surface area contributed by atoms with Gasteiger partial charge in [-0.3, -0.25) is 19.1 Å². The van der Waals surface area contributed by atoms with Crippen LogP contribution in [0.2, 0.25) is 0 Å². The summed E-state index contributed by atoms with van der Waals surface area (Å²) in [5.41, 5.74) is 1.21. The minimum atomic E-state index is -0.272. The first-order valence-corrected chi connectivity index (χ1v) is 14.3. The van der Waals surface area contributed by atoms with Crippen LogP contribution in [0.4, 0.5) is 5.82 Å². The van der Waals surface area contributed by atoms with Crippen molar-refractivity contribution in [3.05, 3.63) is 31.9 Å². The molecule has 1 aromatic heterocycles. The number of hydrogen-bond acceptors (Lipinski definition) is 7. The molecule has 0 aromatic carbocycles. The zero-order valence-electron chi connectivity index (χ0n) is 22.1. The van der Waals surface area contributed by atoms with Gasteiger partial charge in [0.1, 0.15) is 21.8 Å². The van der Waals surface area contributed by atoms with Crippen LogP contribution in [-0.4, -0.2) is 51.5 Å². The summed E-state index contributed by atoms with van der Waals surface area (Å²) in [5.74, 6) is 0.667. The number of amides is 1. The number of thiocarbonyl (C=S) groups is 1. The molecule has 2 saturated heterocycles. The van der Waals surface area contributed by atoms with Gasteiger partial charge in [-0.05, 0) is 45.3 Å². The fourth-order valence-electron chi connectivity index (χ4n) is 4.88. The van der Waals surface area contributed by atoms with Gasteiger partial charge < -0.3 is 9.64 Å². The average molecular weight is 531 g/mol. The number of hydrogen-bond donors (Lipinski definition) is 0. The van der Waals surface area contributed by atoms with Crippen LogP contribution < -0.4 is 10.5 Å². The highest BCUT2D eigenvalue weighted by atomic mass is 32.2. The van der Waals surface area contributed by atoms with E-state index in [-0.39, 0.29) is 29.2 Å². The summed E-state index contributed by atoms with van der Waals surface area (Å²) in [5, 5.41) is 9.88. The van der Waals surface area contributed by atoms with Gasteiger partial charge in [0.05, 0.1) is 17.1 Å². The molecule has 0 bridgehead atoms. The van der Waals surface area contributed by atoms with Crippen molar-refractivity contribution < 1.29 is 9.53 Å². The lowest BCUT2D eigenvalue weighted by Crippen LogP contribution is -2.48. The summed E-state index contributed by atoms with van der Waals surface area (Å²) in [7, 11) is 0. The fourth-order valence-corrected chi connectivity index (χ4v) is 6.17. The third-order valence-electron chi connectivity index (χ3n) is 6.69. The number of aromatic nitrogens is 1. The maximum absolute atomic E-state index is 13.4. The van der Waals surface area contributed by atoms with E-state index in [9.17, 15) is 14.9 Å². The first kappa shape index (κ1) is 28.4. The number of rotatable bonds is 10. The van der Waals surface area contributed by atoms with Gasteiger partial charge >= 0.3 is 0 Å². The topological polar surface area (TPSA) is 78.6 Å². The minimum absolute atomic E-state index is 0.00592. The molecule has 0 aliphatic carbocycles. The molecule has 196 valence electrons. The Morgan fingerprint density at radius 2 is 1.75 bits per heavy atom. The van der Waals surface area contributed by atoms with Crippen molar-refractivity contribution in [3.8, 4) is 6.07 Å². The molecule has 0 saturated carbocycles. The van der Waals surface area contributed by atoms with Crippen LogP contribution in [0.1, 0.15) is 82.9 Å². The second-order valence-electron chi connectivity index (χ2n) is 9.72. The predicted molar refractivity (Wildman–Crippen MR) is 151 cm³/mol. The Morgan fingerprint density at radius 3 is 2.36 bits per heavy atom. The van der Waals surface area contributed by atoms with Gasteiger partial charge in [0, 0.05) is 31.7 Å². The van der Waals surface area contributed by atoms with E-state index in [0.717, 1.165) is 49.9 Å². The number of anilines is 1. The number of unbranched alkanes of at least 4 members (excludes halogenated alkanes) is 4. The number of nitrogens with zero attached hydrogens (tertiary/aromatic N) is 4. The number of carbonyl (C=O) groups excluding carboxylic acids is 1. The molecular formula is C27H38N4O3S2. The highest BCUT2D eigenvalue weighted by molar-refractivity contribution is 8.26. The molecule has 2 aliphatic heterocycles. The molecule has 1 aromatic rings. The molecule has 0 N–H and O–H groups in total. The van der Waals surface area contributed by atoms with E-state index in [1.807, 2.05) is 19.9 Å². The molecule has 2 unspecified atom stereocenters. The van der Waals surface area contributed by atoms with Crippen molar-refractivity contribution in [1.82, 2.24) is 9.47 Å². The minimum Gasteiger partial charge on any atom is -0.372 e. The highest BCUT2D eigenvalue weighted by Crippen LogP contribution is 2.36. The van der Waals surface area contributed by atoms with E-state index in [1.165, 1.54) is 11.8 Å². The fraction of sp³-hybridized carbons (Fsp3) is 0.630. The van der Waals surface area contributed by atoms with Crippen molar-refractivity contribution >= 4 is 46.1 Å². The van der Waals surface area contributed by atoms with Crippen molar-refractivity contribution in [3.63, 3.8) is 0 Å². The average Bonchev–Trinajstić information content (AvgIpc) is 3.09. The number of morpholine rings is 1. The first-order chi connectivity index (χ1) is 17.2. The Labute approximate surface area is 224 Å². The smallest absolute Gasteiger partial charge is 0.270 e. The molecular weight excluding hydrogens is 492 g/mol. The molecule has 7 nitrogen and oxygen atoms in total. The van der Waals surface area contributed by atoms with E-state index in [0.29, 0.717) is 41.0 Å². The number of thioether (sulfide) groups is 1. The molecule has 2 atom stereocenters. The van der Waals surface area contributed by atoms with E-state index < -0.39 is 0 Å². The monoisotopic (exact) mass is 530 g/mol. The second-order valence-corrected chi connectivity index (χ2v) is 11.4. The maximum atomic E-state index is 13.4. The molecule has 36 heavy (non-hydrogen) atoms. The summed E-state index contributed by atoms with van der Waals surface area (Å²) in [6.07, 6.45) is 7.83. The Morgan fingerprint density at radius 1 is 1.08 bits per heavy atom. The quantitative estimate of drug-likeness (QED) is 0.233. The van der Waals surface area contributed by atoms with Crippen molar-refractivity contribution in [2.24, 2.45) is 0 Å². The molecule has 0 spiro atoms. The maximum Gasteiger partial charge on any atom is 0.270 e. The second kappa shape index (κ2) is 12.9. The Bertz CT molecular complexity index is 1110. The van der Waals surface area contributed by atoms with Crippen LogP contribution in [0.3, 0.4) is 0 Å². The van der Waals surface area contributed by atoms with E-state index >= 15 is 0 Å². The molecule has 0 radical (unpaired) electrons. The number of pyridine rings is 1. The van der Waals surface area contributed by atoms with Gasteiger partial charge in [-0.2, -0.15) is 5.26 Å². The molecule has 2 aliphatic rings. The third kappa shape index (κ3) is 6.21. The molecule has 3 rings (SSSR count). The highest BCUT2D eigenvalue weighted by Gasteiger charge is 2.34. The summed E-state index contributed by atoms with van der Waals surface area (Å²) in [6, 6.07) is 2.13. The van der Waals surface area contributed by atoms with Gasteiger partial charge in [-0.1, -0.05) is 63.5 Å². The SMILES string of the molecule is CCCCCCN1C(=O)/C(=C\c2c(C)c(C#N)c(=O)n(CCCC)c2N2CC(C)OC(C)C2)SC1=S. The molecule has 3 heterocycles. The lowest BCUT2D eigenvalue weighted by atomic mass is 10.0. The summed E-state index contributed by atoms with van der Waals surface area (Å²) >= 11 is 6.86. The van der Waals surface area contributed by atoms with Crippen LogP contribution in [0.15, 0.2) is 9.70 Å². The van der Waals surface area contributed by atoms with E-state index in [4.69, 9.17) is 17.0 Å². The third-order valence-corrected chi connectivity index (χ3v) is 8.06. The van der Waals surface area contributed by atoms with Crippen LogP contribution in [0.5, 0.6) is 0 Å². The zero-order chi connectivity index (χ0) is 26.4. The van der Waals surface area contributed by atoms with Crippen molar-refractivity contribution in [2.45, 2.75) is 91.9 Å². The van der Waals surface area contributed by atoms with E-state index in [2.05, 4.69) is 24.8 Å². The van der Waals surface area contributed by atoms with Gasteiger partial charge in [0.2, 0.25) is 0 Å². The summed E-state index contributed by atoms with van der Waals surface area (Å²) in [6.45, 7) is 12.5. The predicted octanol–water partition coefficient (Wildman–Crippen LogP) is 5.22. The Balaban J connectivity index is 2.12. The van der Waals surface area contributed by atoms with Gasteiger partial charge in [0.25, 0.3) is 11.5 Å². The lowest BCUT2D eigenvalue weighted by Gasteiger charge is -2.39. The van der Waals surface area contributed by atoms with Crippen molar-refractivity contribution in [1.29, 1.82) is 5.26 Å². The van der Waals surface area contributed by atoms with Crippen LogP contribution in [0, 0.1) is 18.3 Å². The van der Waals surface area contributed by atoms with Crippen molar-refractivity contribution in [2.75, 3.05) is 24.5 Å². The zero-order valence-corrected chi connectivity index (χ0v) is 23.8. The number of ether oxygens (including phenoxy) is 1. The summed E-state index contributed by atoms with van der Waals surface area (Å²) < 4.78 is 8.26.